The van der Waals surface area contributed by atoms with Crippen LogP contribution in [0.5, 0.6) is 0 Å². The molecule has 0 amide bonds. The summed E-state index contributed by atoms with van der Waals surface area (Å²) in [5.41, 5.74) is 11.1. The number of aromatic nitrogens is 3. The molecule has 198 valence electrons. The van der Waals surface area contributed by atoms with Crippen molar-refractivity contribution in [2.45, 2.75) is 6.92 Å². The van der Waals surface area contributed by atoms with E-state index in [4.69, 9.17) is 4.98 Å². The van der Waals surface area contributed by atoms with Crippen LogP contribution in [0.2, 0.25) is 0 Å². The third-order valence-corrected chi connectivity index (χ3v) is 8.08. The lowest BCUT2D eigenvalue weighted by atomic mass is 9.99. The van der Waals surface area contributed by atoms with Crippen LogP contribution in [0.4, 0.5) is 0 Å². The van der Waals surface area contributed by atoms with E-state index in [9.17, 15) is 0 Å². The number of hydrogen-bond acceptors (Lipinski definition) is 2. The Hall–Kier alpha value is -5.54. The standard InChI is InChI=1S/C39H27N3/c1-26-21-31(25-40-24-26)37-14-8-13-36(41-37)30-17-19-34-35-20-16-29-22-28(27-9-4-2-5-10-27)15-18-33(29)39(35)42(38(34)23-30)32-11-6-3-7-12-32/h2-25H,1H3. The van der Waals surface area contributed by atoms with Gasteiger partial charge in [0.2, 0.25) is 0 Å². The van der Waals surface area contributed by atoms with Crippen LogP contribution in [-0.4, -0.2) is 14.5 Å². The second kappa shape index (κ2) is 9.83. The van der Waals surface area contributed by atoms with Crippen molar-refractivity contribution in [2.24, 2.45) is 0 Å². The highest BCUT2D eigenvalue weighted by Gasteiger charge is 2.17. The zero-order valence-electron chi connectivity index (χ0n) is 23.2. The van der Waals surface area contributed by atoms with Gasteiger partial charge in [-0.05, 0) is 71.5 Å². The van der Waals surface area contributed by atoms with Crippen LogP contribution in [0.25, 0.3) is 71.9 Å². The van der Waals surface area contributed by atoms with Crippen molar-refractivity contribution in [3.05, 3.63) is 151 Å². The van der Waals surface area contributed by atoms with Gasteiger partial charge in [-0.15, -0.1) is 0 Å². The third-order valence-electron chi connectivity index (χ3n) is 8.08. The molecule has 0 fully saturated rings. The molecule has 0 aliphatic heterocycles. The second-order valence-corrected chi connectivity index (χ2v) is 10.8. The van der Waals surface area contributed by atoms with Gasteiger partial charge in [-0.3, -0.25) is 4.98 Å². The first kappa shape index (κ1) is 24.3. The first-order valence-corrected chi connectivity index (χ1v) is 14.2. The molecule has 3 aromatic heterocycles. The molecule has 5 aromatic carbocycles. The number of benzene rings is 5. The number of para-hydroxylation sites is 1. The van der Waals surface area contributed by atoms with E-state index in [0.29, 0.717) is 0 Å². The van der Waals surface area contributed by atoms with Gasteiger partial charge in [0.05, 0.1) is 22.4 Å². The maximum Gasteiger partial charge on any atom is 0.0725 e. The highest BCUT2D eigenvalue weighted by molar-refractivity contribution is 6.19. The molecule has 8 aromatic rings. The first-order chi connectivity index (χ1) is 20.7. The molecule has 8 rings (SSSR count). The molecule has 0 saturated heterocycles. The summed E-state index contributed by atoms with van der Waals surface area (Å²) >= 11 is 0. The molecule has 0 radical (unpaired) electrons. The topological polar surface area (TPSA) is 30.7 Å². The Morgan fingerprint density at radius 3 is 2.02 bits per heavy atom. The van der Waals surface area contributed by atoms with Crippen molar-refractivity contribution in [2.75, 3.05) is 0 Å². The van der Waals surface area contributed by atoms with Crippen LogP contribution < -0.4 is 0 Å². The average molecular weight is 538 g/mol. The van der Waals surface area contributed by atoms with Gasteiger partial charge in [-0.1, -0.05) is 91.0 Å². The molecule has 0 bridgehead atoms. The van der Waals surface area contributed by atoms with E-state index in [1.165, 1.54) is 38.2 Å². The molecule has 3 heteroatoms. The minimum atomic E-state index is 0.924. The van der Waals surface area contributed by atoms with E-state index in [2.05, 4.69) is 150 Å². The average Bonchev–Trinajstić information content (AvgIpc) is 3.39. The van der Waals surface area contributed by atoms with Gasteiger partial charge >= 0.3 is 0 Å². The van der Waals surface area contributed by atoms with E-state index >= 15 is 0 Å². The summed E-state index contributed by atoms with van der Waals surface area (Å²) in [6.45, 7) is 2.06. The lowest BCUT2D eigenvalue weighted by Gasteiger charge is -2.11. The molecule has 0 N–H and O–H groups in total. The Balaban J connectivity index is 1.36. The number of rotatable bonds is 4. The minimum absolute atomic E-state index is 0.924. The Kier molecular flexibility index (Phi) is 5.68. The van der Waals surface area contributed by atoms with Gasteiger partial charge in [0, 0.05) is 45.4 Å². The van der Waals surface area contributed by atoms with Gasteiger partial charge in [0.15, 0.2) is 0 Å². The summed E-state index contributed by atoms with van der Waals surface area (Å²) in [4.78, 5) is 9.43. The fourth-order valence-electron chi connectivity index (χ4n) is 6.10. The Labute approximate surface area is 244 Å². The normalized spacial score (nSPS) is 11.5. The van der Waals surface area contributed by atoms with Crippen LogP contribution in [0, 0.1) is 6.92 Å². The number of aryl methyl sites for hydroxylation is 1. The zero-order valence-corrected chi connectivity index (χ0v) is 23.2. The first-order valence-electron chi connectivity index (χ1n) is 14.2. The van der Waals surface area contributed by atoms with Crippen molar-refractivity contribution < 1.29 is 0 Å². The summed E-state index contributed by atoms with van der Waals surface area (Å²) in [5.74, 6) is 0. The van der Waals surface area contributed by atoms with Crippen molar-refractivity contribution >= 4 is 32.6 Å². The van der Waals surface area contributed by atoms with Crippen LogP contribution in [0.1, 0.15) is 5.56 Å². The zero-order chi connectivity index (χ0) is 28.0. The van der Waals surface area contributed by atoms with Gasteiger partial charge in [0.25, 0.3) is 0 Å². The number of hydrogen-bond donors (Lipinski definition) is 0. The van der Waals surface area contributed by atoms with E-state index in [-0.39, 0.29) is 0 Å². The Morgan fingerprint density at radius 1 is 0.500 bits per heavy atom. The van der Waals surface area contributed by atoms with E-state index in [1.807, 2.05) is 12.4 Å². The lowest BCUT2D eigenvalue weighted by Crippen LogP contribution is -1.95. The van der Waals surface area contributed by atoms with Crippen molar-refractivity contribution in [1.29, 1.82) is 0 Å². The summed E-state index contributed by atoms with van der Waals surface area (Å²) in [6.07, 6.45) is 3.75. The number of fused-ring (bicyclic) bond motifs is 5. The Bertz CT molecular complexity index is 2250. The monoisotopic (exact) mass is 537 g/mol. The van der Waals surface area contributed by atoms with E-state index in [0.717, 1.165) is 39.3 Å². The largest absolute Gasteiger partial charge is 0.309 e. The highest BCUT2D eigenvalue weighted by Crippen LogP contribution is 2.39. The number of nitrogens with zero attached hydrogens (tertiary/aromatic N) is 3. The fourth-order valence-corrected chi connectivity index (χ4v) is 6.10. The molecule has 3 heterocycles. The molecular weight excluding hydrogens is 510 g/mol. The van der Waals surface area contributed by atoms with Crippen molar-refractivity contribution in [3.8, 4) is 39.3 Å². The smallest absolute Gasteiger partial charge is 0.0725 e. The minimum Gasteiger partial charge on any atom is -0.309 e. The number of pyridine rings is 2. The highest BCUT2D eigenvalue weighted by atomic mass is 15.0. The molecule has 3 nitrogen and oxygen atoms in total. The van der Waals surface area contributed by atoms with Crippen molar-refractivity contribution in [3.63, 3.8) is 0 Å². The van der Waals surface area contributed by atoms with Crippen LogP contribution >= 0.6 is 0 Å². The van der Waals surface area contributed by atoms with Crippen LogP contribution in [0.3, 0.4) is 0 Å². The summed E-state index contributed by atoms with van der Waals surface area (Å²) in [7, 11) is 0. The molecule has 0 saturated carbocycles. The molecular formula is C39H27N3. The summed E-state index contributed by atoms with van der Waals surface area (Å²) in [6, 6.07) is 47.7. The summed E-state index contributed by atoms with van der Waals surface area (Å²) < 4.78 is 2.41. The maximum absolute atomic E-state index is 5.06. The van der Waals surface area contributed by atoms with Gasteiger partial charge in [0.1, 0.15) is 0 Å². The maximum atomic E-state index is 5.06. The fraction of sp³-hybridized carbons (Fsp3) is 0.0256. The molecule has 0 unspecified atom stereocenters. The quantitative estimate of drug-likeness (QED) is 0.224. The van der Waals surface area contributed by atoms with Gasteiger partial charge in [-0.2, -0.15) is 0 Å². The van der Waals surface area contributed by atoms with E-state index in [1.54, 1.807) is 0 Å². The molecule has 0 atom stereocenters. The lowest BCUT2D eigenvalue weighted by molar-refractivity contribution is 1.19. The third kappa shape index (κ3) is 4.06. The molecule has 0 aliphatic carbocycles. The SMILES string of the molecule is Cc1cncc(-c2cccc(-c3ccc4c5ccc6cc(-c7ccccc7)ccc6c5n(-c5ccccc5)c4c3)n2)c1. The predicted molar refractivity (Wildman–Crippen MR) is 175 cm³/mol. The van der Waals surface area contributed by atoms with Crippen molar-refractivity contribution in [1.82, 2.24) is 14.5 Å². The van der Waals surface area contributed by atoms with E-state index < -0.39 is 0 Å². The molecule has 42 heavy (non-hydrogen) atoms. The molecule has 0 spiro atoms. The molecule has 0 aliphatic rings. The van der Waals surface area contributed by atoms with Crippen LogP contribution in [0.15, 0.2) is 146 Å². The van der Waals surface area contributed by atoms with Gasteiger partial charge < -0.3 is 4.57 Å². The van der Waals surface area contributed by atoms with Gasteiger partial charge in [-0.25, -0.2) is 4.98 Å². The van der Waals surface area contributed by atoms with Crippen LogP contribution in [-0.2, 0) is 0 Å². The Morgan fingerprint density at radius 2 is 1.21 bits per heavy atom. The predicted octanol–water partition coefficient (Wildman–Crippen LogP) is 10.0. The second-order valence-electron chi connectivity index (χ2n) is 10.8. The summed E-state index contributed by atoms with van der Waals surface area (Å²) in [5, 5.41) is 4.93.